The second-order valence-corrected chi connectivity index (χ2v) is 4.07. The van der Waals surface area contributed by atoms with Crippen LogP contribution < -0.4 is 11.1 Å². The molecule has 4 nitrogen and oxygen atoms in total. The van der Waals surface area contributed by atoms with Crippen LogP contribution in [0.15, 0.2) is 0 Å². The second-order valence-electron chi connectivity index (χ2n) is 4.07. The van der Waals surface area contributed by atoms with Gasteiger partial charge in [0.05, 0.1) is 6.04 Å². The summed E-state index contributed by atoms with van der Waals surface area (Å²) in [6, 6.07) is 0.123. The van der Waals surface area contributed by atoms with Crippen LogP contribution in [0.25, 0.3) is 0 Å². The molecule has 0 saturated carbocycles. The van der Waals surface area contributed by atoms with Crippen LogP contribution in [0.4, 0.5) is 0 Å². The number of carbonyl (C=O) groups excluding carboxylic acids is 1. The summed E-state index contributed by atoms with van der Waals surface area (Å²) in [4.78, 5) is 13.7. The minimum atomic E-state index is -0.111. The van der Waals surface area contributed by atoms with Crippen LogP contribution in [-0.4, -0.2) is 43.0 Å². The maximum atomic E-state index is 11.7. The molecular formula is C11H25N3O. The topological polar surface area (TPSA) is 58.4 Å². The van der Waals surface area contributed by atoms with Gasteiger partial charge in [0.25, 0.3) is 0 Å². The lowest BCUT2D eigenvalue weighted by Crippen LogP contribution is -2.49. The molecule has 0 aromatic rings. The summed E-state index contributed by atoms with van der Waals surface area (Å²) >= 11 is 0. The summed E-state index contributed by atoms with van der Waals surface area (Å²) < 4.78 is 0. The number of likely N-dealkylation sites (N-methyl/N-ethyl adjacent to an activating group) is 1. The lowest BCUT2D eigenvalue weighted by molar-refractivity contribution is -0.126. The average Bonchev–Trinajstić information content (AvgIpc) is 2.26. The van der Waals surface area contributed by atoms with E-state index in [0.29, 0.717) is 6.54 Å². The molecule has 0 aliphatic heterocycles. The van der Waals surface area contributed by atoms with Crippen molar-refractivity contribution in [2.24, 2.45) is 5.73 Å². The van der Waals surface area contributed by atoms with Crippen molar-refractivity contribution in [1.82, 2.24) is 10.2 Å². The number of hydrogen-bond acceptors (Lipinski definition) is 3. The Hall–Kier alpha value is -0.610. The first-order valence-electron chi connectivity index (χ1n) is 5.74. The molecule has 0 aromatic carbocycles. The maximum Gasteiger partial charge on any atom is 0.237 e. The fraction of sp³-hybridized carbons (Fsp3) is 0.909. The normalized spacial score (nSPS) is 15.1. The van der Waals surface area contributed by atoms with Crippen molar-refractivity contribution in [3.8, 4) is 0 Å². The van der Waals surface area contributed by atoms with Crippen LogP contribution in [0.5, 0.6) is 0 Å². The Kier molecular flexibility index (Phi) is 7.34. The Morgan fingerprint density at radius 1 is 1.47 bits per heavy atom. The van der Waals surface area contributed by atoms with Crippen molar-refractivity contribution in [3.63, 3.8) is 0 Å². The van der Waals surface area contributed by atoms with Gasteiger partial charge in [0, 0.05) is 19.1 Å². The van der Waals surface area contributed by atoms with Gasteiger partial charge in [-0.25, -0.2) is 0 Å². The second kappa shape index (κ2) is 7.65. The van der Waals surface area contributed by atoms with Gasteiger partial charge < -0.3 is 11.1 Å². The quantitative estimate of drug-likeness (QED) is 0.610. The number of rotatable bonds is 7. The molecule has 0 aliphatic rings. The molecule has 3 N–H and O–H groups in total. The van der Waals surface area contributed by atoms with E-state index in [1.165, 1.54) is 0 Å². The molecule has 0 rings (SSSR count). The monoisotopic (exact) mass is 215 g/mol. The number of carbonyl (C=O) groups is 1. The van der Waals surface area contributed by atoms with E-state index in [0.717, 1.165) is 19.4 Å². The fourth-order valence-corrected chi connectivity index (χ4v) is 1.27. The molecule has 0 saturated heterocycles. The molecule has 2 unspecified atom stereocenters. The van der Waals surface area contributed by atoms with Gasteiger partial charge in [0.2, 0.25) is 5.91 Å². The number of amides is 1. The summed E-state index contributed by atoms with van der Waals surface area (Å²) in [6.45, 7) is 7.38. The fourth-order valence-electron chi connectivity index (χ4n) is 1.27. The standard InChI is InChI=1S/C11H25N3O/c1-5-6-7-13-11(15)10(3)14(4)9(2)8-12/h9-10H,5-8,12H2,1-4H3,(H,13,15). The van der Waals surface area contributed by atoms with Crippen LogP contribution >= 0.6 is 0 Å². The smallest absolute Gasteiger partial charge is 0.237 e. The average molecular weight is 215 g/mol. The van der Waals surface area contributed by atoms with Crippen LogP contribution in [0.1, 0.15) is 33.6 Å². The zero-order valence-electron chi connectivity index (χ0n) is 10.4. The maximum absolute atomic E-state index is 11.7. The Morgan fingerprint density at radius 2 is 2.07 bits per heavy atom. The third-order valence-corrected chi connectivity index (χ3v) is 2.86. The molecule has 0 heterocycles. The zero-order valence-corrected chi connectivity index (χ0v) is 10.4. The molecular weight excluding hydrogens is 190 g/mol. The predicted molar refractivity (Wildman–Crippen MR) is 63.7 cm³/mol. The van der Waals surface area contributed by atoms with E-state index in [4.69, 9.17) is 5.73 Å². The molecule has 2 atom stereocenters. The van der Waals surface area contributed by atoms with E-state index in [1.807, 2.05) is 25.8 Å². The van der Waals surface area contributed by atoms with Gasteiger partial charge in [-0.05, 0) is 27.3 Å². The van der Waals surface area contributed by atoms with Crippen molar-refractivity contribution >= 4 is 5.91 Å². The van der Waals surface area contributed by atoms with Gasteiger partial charge in [0.15, 0.2) is 0 Å². The SMILES string of the molecule is CCCCNC(=O)C(C)N(C)C(C)CN. The van der Waals surface area contributed by atoms with Gasteiger partial charge in [-0.3, -0.25) is 9.69 Å². The molecule has 0 bridgehead atoms. The summed E-state index contributed by atoms with van der Waals surface area (Å²) in [5.41, 5.74) is 5.56. The van der Waals surface area contributed by atoms with Crippen LogP contribution in [0.3, 0.4) is 0 Å². The first-order valence-corrected chi connectivity index (χ1v) is 5.74. The van der Waals surface area contributed by atoms with Crippen molar-refractivity contribution in [3.05, 3.63) is 0 Å². The molecule has 1 amide bonds. The molecule has 90 valence electrons. The van der Waals surface area contributed by atoms with E-state index in [-0.39, 0.29) is 18.0 Å². The van der Waals surface area contributed by atoms with Gasteiger partial charge in [0.1, 0.15) is 0 Å². The molecule has 4 heteroatoms. The number of nitrogens with zero attached hydrogens (tertiary/aromatic N) is 1. The number of hydrogen-bond donors (Lipinski definition) is 2. The van der Waals surface area contributed by atoms with Gasteiger partial charge in [-0.1, -0.05) is 13.3 Å². The Balaban J connectivity index is 3.96. The van der Waals surface area contributed by atoms with Crippen molar-refractivity contribution in [2.45, 2.75) is 45.7 Å². The van der Waals surface area contributed by atoms with E-state index >= 15 is 0 Å². The summed E-state index contributed by atoms with van der Waals surface area (Å²) in [5.74, 6) is 0.0891. The summed E-state index contributed by atoms with van der Waals surface area (Å²) in [6.07, 6.45) is 2.14. The first-order chi connectivity index (χ1) is 7.04. The van der Waals surface area contributed by atoms with E-state index in [9.17, 15) is 4.79 Å². The van der Waals surface area contributed by atoms with Gasteiger partial charge >= 0.3 is 0 Å². The Bertz CT molecular complexity index is 185. The predicted octanol–water partition coefficient (Wildman–Crippen LogP) is 0.570. The van der Waals surface area contributed by atoms with Gasteiger partial charge in [-0.2, -0.15) is 0 Å². The highest BCUT2D eigenvalue weighted by molar-refractivity contribution is 5.81. The van der Waals surface area contributed by atoms with Crippen molar-refractivity contribution in [1.29, 1.82) is 0 Å². The van der Waals surface area contributed by atoms with E-state index in [1.54, 1.807) is 0 Å². The largest absolute Gasteiger partial charge is 0.355 e. The molecule has 0 radical (unpaired) electrons. The van der Waals surface area contributed by atoms with Crippen LogP contribution in [0, 0.1) is 0 Å². The highest BCUT2D eigenvalue weighted by Crippen LogP contribution is 2.01. The van der Waals surface area contributed by atoms with Crippen molar-refractivity contribution in [2.75, 3.05) is 20.1 Å². The molecule has 15 heavy (non-hydrogen) atoms. The first kappa shape index (κ1) is 14.4. The third kappa shape index (κ3) is 5.14. The minimum absolute atomic E-state index is 0.0891. The highest BCUT2D eigenvalue weighted by atomic mass is 16.2. The van der Waals surface area contributed by atoms with Crippen LogP contribution in [0.2, 0.25) is 0 Å². The van der Waals surface area contributed by atoms with Crippen molar-refractivity contribution < 1.29 is 4.79 Å². The number of unbranched alkanes of at least 4 members (excludes halogenated alkanes) is 1. The van der Waals surface area contributed by atoms with Gasteiger partial charge in [-0.15, -0.1) is 0 Å². The Labute approximate surface area is 93.2 Å². The molecule has 0 aromatic heterocycles. The Morgan fingerprint density at radius 3 is 2.53 bits per heavy atom. The minimum Gasteiger partial charge on any atom is -0.355 e. The van der Waals surface area contributed by atoms with E-state index in [2.05, 4.69) is 12.2 Å². The lowest BCUT2D eigenvalue weighted by Gasteiger charge is -2.28. The van der Waals surface area contributed by atoms with E-state index < -0.39 is 0 Å². The lowest BCUT2D eigenvalue weighted by atomic mass is 10.2. The summed E-state index contributed by atoms with van der Waals surface area (Å²) in [7, 11) is 1.93. The number of nitrogens with two attached hydrogens (primary N) is 1. The number of nitrogens with one attached hydrogen (secondary N) is 1. The zero-order chi connectivity index (χ0) is 11.8. The third-order valence-electron chi connectivity index (χ3n) is 2.86. The highest BCUT2D eigenvalue weighted by Gasteiger charge is 2.20. The molecule has 0 aliphatic carbocycles. The summed E-state index contributed by atoms with van der Waals surface area (Å²) in [5, 5.41) is 2.92. The molecule has 0 spiro atoms. The van der Waals surface area contributed by atoms with Crippen LogP contribution in [-0.2, 0) is 4.79 Å². The molecule has 0 fully saturated rings.